The first kappa shape index (κ1) is 23.6. The Balaban J connectivity index is 1.55. The number of carbonyl (C=O) groups is 1. The molecule has 0 N–H and O–H groups in total. The number of hydrogen-bond donors (Lipinski definition) is 0. The van der Waals surface area contributed by atoms with Crippen LogP contribution in [0, 0.1) is 5.82 Å². The highest BCUT2D eigenvalue weighted by molar-refractivity contribution is 5.96. The average molecular weight is 486 g/mol. The minimum absolute atomic E-state index is 0.0366. The van der Waals surface area contributed by atoms with Crippen LogP contribution in [0.5, 0.6) is 0 Å². The standard InChI is InChI=1S/C27H28FN7O/c1-33(2)27-30-15-23(19-10-12-21(28)13-11-19)25(32-27)24-9-5-6-14-35(24)26(36)22-8-4-3-7-20(22)16-34-18-29-17-31-34/h3-4,7-8,10-13,15,17-18,24H,5-6,9,14,16H2,1-2H3. The molecule has 4 aromatic rings. The number of piperidine rings is 1. The highest BCUT2D eigenvalue weighted by Crippen LogP contribution is 2.37. The summed E-state index contributed by atoms with van der Waals surface area (Å²) in [5, 5.41) is 4.20. The van der Waals surface area contributed by atoms with Crippen LogP contribution in [0.1, 0.15) is 46.9 Å². The zero-order valence-corrected chi connectivity index (χ0v) is 20.4. The van der Waals surface area contributed by atoms with Crippen molar-refractivity contribution in [3.05, 3.63) is 90.0 Å². The molecule has 0 bridgehead atoms. The van der Waals surface area contributed by atoms with Gasteiger partial charge in [-0.3, -0.25) is 4.79 Å². The molecule has 0 radical (unpaired) electrons. The monoisotopic (exact) mass is 485 g/mol. The lowest BCUT2D eigenvalue weighted by atomic mass is 9.92. The minimum atomic E-state index is -0.301. The lowest BCUT2D eigenvalue weighted by Gasteiger charge is -2.37. The predicted octanol–water partition coefficient (Wildman–Crippen LogP) is 4.36. The summed E-state index contributed by atoms with van der Waals surface area (Å²) in [6.07, 6.45) is 7.60. The van der Waals surface area contributed by atoms with Gasteiger partial charge >= 0.3 is 0 Å². The lowest BCUT2D eigenvalue weighted by molar-refractivity contribution is 0.0605. The molecule has 1 aliphatic heterocycles. The Kier molecular flexibility index (Phi) is 6.71. The van der Waals surface area contributed by atoms with Gasteiger partial charge < -0.3 is 9.80 Å². The van der Waals surface area contributed by atoms with E-state index in [2.05, 4.69) is 15.1 Å². The maximum absolute atomic E-state index is 14.0. The van der Waals surface area contributed by atoms with Crippen LogP contribution < -0.4 is 4.90 Å². The number of likely N-dealkylation sites (tertiary alicyclic amines) is 1. The molecule has 9 heteroatoms. The van der Waals surface area contributed by atoms with Crippen molar-refractivity contribution in [2.45, 2.75) is 31.8 Å². The normalized spacial score (nSPS) is 15.6. The van der Waals surface area contributed by atoms with Crippen LogP contribution in [0.3, 0.4) is 0 Å². The van der Waals surface area contributed by atoms with E-state index in [1.807, 2.05) is 48.2 Å². The number of carbonyl (C=O) groups excluding carboxylic acids is 1. The van der Waals surface area contributed by atoms with Crippen LogP contribution in [-0.2, 0) is 6.54 Å². The fourth-order valence-corrected chi connectivity index (χ4v) is 4.68. The maximum Gasteiger partial charge on any atom is 0.254 e. The van der Waals surface area contributed by atoms with Gasteiger partial charge in [-0.25, -0.2) is 24.0 Å². The Morgan fingerprint density at radius 2 is 1.92 bits per heavy atom. The smallest absolute Gasteiger partial charge is 0.254 e. The van der Waals surface area contributed by atoms with Gasteiger partial charge in [-0.2, -0.15) is 5.10 Å². The quantitative estimate of drug-likeness (QED) is 0.404. The first-order valence-corrected chi connectivity index (χ1v) is 12.0. The molecule has 1 aliphatic rings. The summed E-state index contributed by atoms with van der Waals surface area (Å²) in [6.45, 7) is 1.09. The second-order valence-electron chi connectivity index (χ2n) is 9.13. The number of amides is 1. The van der Waals surface area contributed by atoms with E-state index >= 15 is 0 Å². The Morgan fingerprint density at radius 3 is 2.67 bits per heavy atom. The largest absolute Gasteiger partial charge is 0.347 e. The molecule has 1 atom stereocenters. The highest BCUT2D eigenvalue weighted by Gasteiger charge is 2.33. The molecule has 8 nitrogen and oxygen atoms in total. The molecule has 3 heterocycles. The van der Waals surface area contributed by atoms with E-state index in [-0.39, 0.29) is 17.8 Å². The first-order chi connectivity index (χ1) is 17.5. The lowest BCUT2D eigenvalue weighted by Crippen LogP contribution is -2.39. The summed E-state index contributed by atoms with van der Waals surface area (Å²) in [4.78, 5) is 31.2. The predicted molar refractivity (Wildman–Crippen MR) is 135 cm³/mol. The van der Waals surface area contributed by atoms with Crippen molar-refractivity contribution in [1.82, 2.24) is 29.6 Å². The Hall–Kier alpha value is -4.14. The Morgan fingerprint density at radius 1 is 1.11 bits per heavy atom. The third kappa shape index (κ3) is 4.82. The topological polar surface area (TPSA) is 80.0 Å². The van der Waals surface area contributed by atoms with Crippen molar-refractivity contribution in [3.8, 4) is 11.1 Å². The van der Waals surface area contributed by atoms with Gasteiger partial charge in [-0.1, -0.05) is 30.3 Å². The van der Waals surface area contributed by atoms with E-state index in [0.29, 0.717) is 24.6 Å². The fraction of sp³-hybridized carbons (Fsp3) is 0.296. The van der Waals surface area contributed by atoms with Crippen LogP contribution in [0.15, 0.2) is 67.4 Å². The van der Waals surface area contributed by atoms with Crippen LogP contribution >= 0.6 is 0 Å². The summed E-state index contributed by atoms with van der Waals surface area (Å²) < 4.78 is 15.4. The van der Waals surface area contributed by atoms with Crippen LogP contribution in [0.2, 0.25) is 0 Å². The van der Waals surface area contributed by atoms with Crippen LogP contribution in [0.25, 0.3) is 11.1 Å². The number of benzene rings is 2. The Labute approximate surface area is 209 Å². The van der Waals surface area contributed by atoms with Crippen molar-refractivity contribution in [3.63, 3.8) is 0 Å². The zero-order chi connectivity index (χ0) is 25.1. The summed E-state index contributed by atoms with van der Waals surface area (Å²) >= 11 is 0. The molecular weight excluding hydrogens is 457 g/mol. The van der Waals surface area contributed by atoms with E-state index < -0.39 is 0 Å². The van der Waals surface area contributed by atoms with Gasteiger partial charge in [0.05, 0.1) is 18.3 Å². The summed E-state index contributed by atoms with van der Waals surface area (Å²) in [6, 6.07) is 13.7. The number of anilines is 1. The van der Waals surface area contributed by atoms with Gasteiger partial charge in [-0.15, -0.1) is 0 Å². The molecular formula is C27H28FN7O. The summed E-state index contributed by atoms with van der Waals surface area (Å²) in [7, 11) is 3.78. The van der Waals surface area contributed by atoms with Crippen molar-refractivity contribution in [2.75, 3.05) is 25.5 Å². The van der Waals surface area contributed by atoms with Gasteiger partial charge in [0.2, 0.25) is 5.95 Å². The highest BCUT2D eigenvalue weighted by atomic mass is 19.1. The molecule has 0 spiro atoms. The van der Waals surface area contributed by atoms with Crippen molar-refractivity contribution < 1.29 is 9.18 Å². The third-order valence-corrected chi connectivity index (χ3v) is 6.49. The zero-order valence-electron chi connectivity index (χ0n) is 20.4. The van der Waals surface area contributed by atoms with Crippen LogP contribution in [0.4, 0.5) is 10.3 Å². The molecule has 1 saturated heterocycles. The molecule has 36 heavy (non-hydrogen) atoms. The molecule has 0 aliphatic carbocycles. The summed E-state index contributed by atoms with van der Waals surface area (Å²) in [5.41, 5.74) is 3.93. The number of nitrogens with zero attached hydrogens (tertiary/aromatic N) is 7. The number of halogens is 1. The number of rotatable bonds is 6. The number of hydrogen-bond acceptors (Lipinski definition) is 6. The second-order valence-corrected chi connectivity index (χ2v) is 9.13. The minimum Gasteiger partial charge on any atom is -0.347 e. The van der Waals surface area contributed by atoms with Crippen molar-refractivity contribution >= 4 is 11.9 Å². The van der Waals surface area contributed by atoms with E-state index in [4.69, 9.17) is 4.98 Å². The van der Waals surface area contributed by atoms with Crippen molar-refractivity contribution in [1.29, 1.82) is 0 Å². The maximum atomic E-state index is 14.0. The molecule has 184 valence electrons. The summed E-state index contributed by atoms with van der Waals surface area (Å²) in [5.74, 6) is 0.232. The van der Waals surface area contributed by atoms with E-state index in [0.717, 1.165) is 41.6 Å². The Bertz CT molecular complexity index is 1340. The van der Waals surface area contributed by atoms with Gasteiger partial charge in [-0.05, 0) is 48.6 Å². The fourth-order valence-electron chi connectivity index (χ4n) is 4.68. The second kappa shape index (κ2) is 10.2. The van der Waals surface area contributed by atoms with Crippen LogP contribution in [-0.4, -0.2) is 56.2 Å². The first-order valence-electron chi connectivity index (χ1n) is 12.0. The average Bonchev–Trinajstić information content (AvgIpc) is 3.42. The molecule has 2 aromatic carbocycles. The molecule has 1 unspecified atom stereocenters. The third-order valence-electron chi connectivity index (χ3n) is 6.49. The molecule has 2 aromatic heterocycles. The van der Waals surface area contributed by atoms with E-state index in [1.165, 1.54) is 18.5 Å². The number of aromatic nitrogens is 5. The van der Waals surface area contributed by atoms with E-state index in [1.54, 1.807) is 29.3 Å². The van der Waals surface area contributed by atoms with Gasteiger partial charge in [0.25, 0.3) is 5.91 Å². The van der Waals surface area contributed by atoms with Crippen molar-refractivity contribution in [2.24, 2.45) is 0 Å². The molecule has 1 amide bonds. The molecule has 1 fully saturated rings. The van der Waals surface area contributed by atoms with E-state index in [9.17, 15) is 9.18 Å². The molecule has 5 rings (SSSR count). The van der Waals surface area contributed by atoms with Gasteiger partial charge in [0.1, 0.15) is 18.5 Å². The van der Waals surface area contributed by atoms with Gasteiger partial charge in [0.15, 0.2) is 0 Å². The molecule has 0 saturated carbocycles. The van der Waals surface area contributed by atoms with Gasteiger partial charge in [0, 0.05) is 38.0 Å². The SMILES string of the molecule is CN(C)c1ncc(-c2ccc(F)cc2)c(C2CCCCN2C(=O)c2ccccc2Cn2cncn2)n1.